The molecule has 3 nitrogen and oxygen atoms in total. The Balaban J connectivity index is 2.08. The lowest BCUT2D eigenvalue weighted by Gasteiger charge is -2.14. The van der Waals surface area contributed by atoms with Crippen LogP contribution < -0.4 is 10.1 Å². The fraction of sp³-hybridized carbons (Fsp3) is 0.312. The molecule has 1 heterocycles. The van der Waals surface area contributed by atoms with Crippen LogP contribution in [0, 0.1) is 12.7 Å². The van der Waals surface area contributed by atoms with E-state index in [1.165, 1.54) is 0 Å². The van der Waals surface area contributed by atoms with E-state index < -0.39 is 0 Å². The maximum absolute atomic E-state index is 13.5. The van der Waals surface area contributed by atoms with Crippen LogP contribution in [0.3, 0.4) is 0 Å². The van der Waals surface area contributed by atoms with Crippen LogP contribution >= 0.6 is 0 Å². The highest BCUT2D eigenvalue weighted by Gasteiger charge is 2.07. The van der Waals surface area contributed by atoms with Crippen molar-refractivity contribution in [1.29, 1.82) is 0 Å². The fourth-order valence-electron chi connectivity index (χ4n) is 1.79. The van der Waals surface area contributed by atoms with Crippen LogP contribution in [0.4, 0.5) is 10.1 Å². The van der Waals surface area contributed by atoms with Crippen molar-refractivity contribution >= 4 is 5.69 Å². The Morgan fingerprint density at radius 2 is 2.10 bits per heavy atom. The van der Waals surface area contributed by atoms with Crippen LogP contribution in [0.5, 0.6) is 5.88 Å². The number of halogens is 1. The minimum Gasteiger partial charge on any atom is -0.473 e. The van der Waals surface area contributed by atoms with E-state index in [1.807, 2.05) is 32.0 Å². The van der Waals surface area contributed by atoms with Gasteiger partial charge in [-0.05, 0) is 50.1 Å². The van der Waals surface area contributed by atoms with Crippen molar-refractivity contribution in [3.8, 4) is 5.88 Å². The Kier molecular flexibility index (Phi) is 4.56. The Hall–Kier alpha value is -2.10. The van der Waals surface area contributed by atoms with Gasteiger partial charge in [-0.3, -0.25) is 0 Å². The molecule has 0 fully saturated rings. The van der Waals surface area contributed by atoms with Gasteiger partial charge in [0.2, 0.25) is 5.88 Å². The summed E-state index contributed by atoms with van der Waals surface area (Å²) in [7, 11) is 0. The van der Waals surface area contributed by atoms with Gasteiger partial charge in [0.15, 0.2) is 0 Å². The standard InChI is InChI=1S/C16H19FN2O/c1-11(2)20-16-15(5-4-8-18-16)19-10-13-7-6-12(3)14(17)9-13/h4-9,11,19H,10H2,1-3H3. The number of pyridine rings is 1. The molecule has 0 radical (unpaired) electrons. The second kappa shape index (κ2) is 6.37. The summed E-state index contributed by atoms with van der Waals surface area (Å²) in [5, 5.41) is 3.23. The first-order valence-corrected chi connectivity index (χ1v) is 6.67. The van der Waals surface area contributed by atoms with Gasteiger partial charge >= 0.3 is 0 Å². The number of hydrogen-bond acceptors (Lipinski definition) is 3. The zero-order valence-corrected chi connectivity index (χ0v) is 12.0. The summed E-state index contributed by atoms with van der Waals surface area (Å²) in [5.41, 5.74) is 2.34. The van der Waals surface area contributed by atoms with E-state index in [-0.39, 0.29) is 11.9 Å². The second-order valence-electron chi connectivity index (χ2n) is 4.96. The molecule has 0 saturated carbocycles. The predicted octanol–water partition coefficient (Wildman–Crippen LogP) is 3.93. The lowest BCUT2D eigenvalue weighted by Crippen LogP contribution is -2.10. The molecule has 2 rings (SSSR count). The highest BCUT2D eigenvalue weighted by molar-refractivity contribution is 5.52. The molecule has 0 spiro atoms. The van der Waals surface area contributed by atoms with Crippen molar-refractivity contribution in [2.75, 3.05) is 5.32 Å². The minimum absolute atomic E-state index is 0.0577. The number of nitrogens with zero attached hydrogens (tertiary/aromatic N) is 1. The monoisotopic (exact) mass is 274 g/mol. The average molecular weight is 274 g/mol. The molecule has 1 N–H and O–H groups in total. The Morgan fingerprint density at radius 1 is 1.30 bits per heavy atom. The third-order valence-electron chi connectivity index (χ3n) is 2.84. The summed E-state index contributed by atoms with van der Waals surface area (Å²) in [6.45, 7) is 6.18. The van der Waals surface area contributed by atoms with Gasteiger partial charge in [-0.15, -0.1) is 0 Å². The van der Waals surface area contributed by atoms with E-state index in [0.717, 1.165) is 11.3 Å². The summed E-state index contributed by atoms with van der Waals surface area (Å²) in [6, 6.07) is 8.97. The normalized spacial score (nSPS) is 10.7. The molecule has 0 atom stereocenters. The Bertz CT molecular complexity index is 584. The summed E-state index contributed by atoms with van der Waals surface area (Å²) in [6.07, 6.45) is 1.75. The third-order valence-corrected chi connectivity index (χ3v) is 2.84. The first kappa shape index (κ1) is 14.3. The molecular formula is C16H19FN2O. The minimum atomic E-state index is -0.186. The quantitative estimate of drug-likeness (QED) is 0.897. The van der Waals surface area contributed by atoms with E-state index in [2.05, 4.69) is 10.3 Å². The van der Waals surface area contributed by atoms with E-state index in [1.54, 1.807) is 25.3 Å². The summed E-state index contributed by atoms with van der Waals surface area (Å²) in [5.74, 6) is 0.379. The zero-order chi connectivity index (χ0) is 14.5. The Morgan fingerprint density at radius 3 is 2.80 bits per heavy atom. The average Bonchev–Trinajstić information content (AvgIpc) is 2.41. The van der Waals surface area contributed by atoms with Gasteiger partial charge in [0.1, 0.15) is 5.82 Å². The molecule has 1 aromatic heterocycles. The summed E-state index contributed by atoms with van der Waals surface area (Å²) in [4.78, 5) is 4.20. The Labute approximate surface area is 118 Å². The third kappa shape index (κ3) is 3.70. The van der Waals surface area contributed by atoms with Crippen LogP contribution in [0.25, 0.3) is 0 Å². The lowest BCUT2D eigenvalue weighted by molar-refractivity contribution is 0.234. The summed E-state index contributed by atoms with van der Waals surface area (Å²) < 4.78 is 19.1. The van der Waals surface area contributed by atoms with Crippen LogP contribution in [-0.2, 0) is 6.54 Å². The molecule has 4 heteroatoms. The van der Waals surface area contributed by atoms with Crippen LogP contribution in [-0.4, -0.2) is 11.1 Å². The highest BCUT2D eigenvalue weighted by atomic mass is 19.1. The van der Waals surface area contributed by atoms with Crippen LogP contribution in [0.15, 0.2) is 36.5 Å². The van der Waals surface area contributed by atoms with E-state index >= 15 is 0 Å². The van der Waals surface area contributed by atoms with Gasteiger partial charge in [-0.25, -0.2) is 9.37 Å². The molecular weight excluding hydrogens is 255 g/mol. The molecule has 2 aromatic rings. The van der Waals surface area contributed by atoms with Crippen LogP contribution in [0.2, 0.25) is 0 Å². The smallest absolute Gasteiger partial charge is 0.237 e. The topological polar surface area (TPSA) is 34.2 Å². The van der Waals surface area contributed by atoms with Crippen molar-refractivity contribution in [2.45, 2.75) is 33.4 Å². The van der Waals surface area contributed by atoms with Crippen molar-refractivity contribution in [3.63, 3.8) is 0 Å². The van der Waals surface area contributed by atoms with Gasteiger partial charge in [-0.2, -0.15) is 0 Å². The number of anilines is 1. The molecule has 1 aromatic carbocycles. The van der Waals surface area contributed by atoms with Gasteiger partial charge in [-0.1, -0.05) is 12.1 Å². The van der Waals surface area contributed by atoms with Gasteiger partial charge in [0.05, 0.1) is 11.8 Å². The number of ether oxygens (including phenoxy) is 1. The molecule has 0 amide bonds. The molecule has 0 aliphatic carbocycles. The van der Waals surface area contributed by atoms with Crippen molar-refractivity contribution in [1.82, 2.24) is 4.98 Å². The molecule has 0 unspecified atom stereocenters. The second-order valence-corrected chi connectivity index (χ2v) is 4.96. The fourth-order valence-corrected chi connectivity index (χ4v) is 1.79. The van der Waals surface area contributed by atoms with Crippen molar-refractivity contribution in [3.05, 3.63) is 53.5 Å². The maximum atomic E-state index is 13.5. The number of aryl methyl sites for hydroxylation is 1. The number of nitrogens with one attached hydrogen (secondary N) is 1. The molecule has 0 saturated heterocycles. The largest absolute Gasteiger partial charge is 0.473 e. The van der Waals surface area contributed by atoms with Gasteiger partial charge in [0.25, 0.3) is 0 Å². The van der Waals surface area contributed by atoms with E-state index in [9.17, 15) is 4.39 Å². The zero-order valence-electron chi connectivity index (χ0n) is 12.0. The van der Waals surface area contributed by atoms with Gasteiger partial charge in [0, 0.05) is 12.7 Å². The SMILES string of the molecule is Cc1ccc(CNc2cccnc2OC(C)C)cc1F. The number of benzene rings is 1. The first-order chi connectivity index (χ1) is 9.56. The van der Waals surface area contributed by atoms with Crippen LogP contribution in [0.1, 0.15) is 25.0 Å². The lowest BCUT2D eigenvalue weighted by atomic mass is 10.1. The van der Waals surface area contributed by atoms with Gasteiger partial charge < -0.3 is 10.1 Å². The maximum Gasteiger partial charge on any atom is 0.237 e. The van der Waals surface area contributed by atoms with E-state index in [4.69, 9.17) is 4.74 Å². The van der Waals surface area contributed by atoms with E-state index in [0.29, 0.717) is 18.0 Å². The molecule has 0 bridgehead atoms. The van der Waals surface area contributed by atoms with Crippen molar-refractivity contribution in [2.24, 2.45) is 0 Å². The predicted molar refractivity (Wildman–Crippen MR) is 78.5 cm³/mol. The summed E-state index contributed by atoms with van der Waals surface area (Å²) >= 11 is 0. The molecule has 20 heavy (non-hydrogen) atoms. The number of aromatic nitrogens is 1. The van der Waals surface area contributed by atoms with Crippen molar-refractivity contribution < 1.29 is 9.13 Å². The number of hydrogen-bond donors (Lipinski definition) is 1. The molecule has 106 valence electrons. The number of rotatable bonds is 5. The first-order valence-electron chi connectivity index (χ1n) is 6.67. The molecule has 0 aliphatic heterocycles. The molecule has 0 aliphatic rings. The highest BCUT2D eigenvalue weighted by Crippen LogP contribution is 2.22.